The standard InChI is InChI=1S/C12H17N3OS/c13-5-9-1-2-11(17-9)12(16)14-10-7-15-4-3-8(10)6-15/h1-2,8,10H,3-7,13H2,(H,14,16)/t8-,10-/m0/s1. The molecule has 0 saturated carbocycles. The Balaban J connectivity index is 1.63. The third-order valence-corrected chi connectivity index (χ3v) is 4.84. The number of hydrogen-bond acceptors (Lipinski definition) is 4. The number of amides is 1. The van der Waals surface area contributed by atoms with Crippen molar-refractivity contribution in [2.45, 2.75) is 19.0 Å². The molecule has 17 heavy (non-hydrogen) atoms. The molecule has 3 heterocycles. The van der Waals surface area contributed by atoms with Crippen molar-refractivity contribution in [2.75, 3.05) is 19.6 Å². The van der Waals surface area contributed by atoms with Gasteiger partial charge in [-0.25, -0.2) is 0 Å². The van der Waals surface area contributed by atoms with Crippen molar-refractivity contribution in [1.82, 2.24) is 10.2 Å². The van der Waals surface area contributed by atoms with E-state index in [9.17, 15) is 4.79 Å². The lowest BCUT2D eigenvalue weighted by atomic mass is 10.00. The van der Waals surface area contributed by atoms with E-state index in [0.717, 1.165) is 22.8 Å². The van der Waals surface area contributed by atoms with Crippen LogP contribution in [0.25, 0.3) is 0 Å². The lowest BCUT2D eigenvalue weighted by Crippen LogP contribution is -2.42. The fourth-order valence-electron chi connectivity index (χ4n) is 2.80. The number of hydrogen-bond donors (Lipinski definition) is 2. The first kappa shape index (κ1) is 11.2. The summed E-state index contributed by atoms with van der Waals surface area (Å²) in [5.41, 5.74) is 5.55. The molecule has 2 saturated heterocycles. The highest BCUT2D eigenvalue weighted by atomic mass is 32.1. The topological polar surface area (TPSA) is 58.4 Å². The van der Waals surface area contributed by atoms with Gasteiger partial charge >= 0.3 is 0 Å². The van der Waals surface area contributed by atoms with Crippen LogP contribution in [-0.2, 0) is 6.54 Å². The van der Waals surface area contributed by atoms with E-state index in [1.165, 1.54) is 24.3 Å². The number of nitrogens with two attached hydrogens (primary N) is 1. The second-order valence-corrected chi connectivity index (χ2v) is 6.03. The zero-order valence-electron chi connectivity index (χ0n) is 9.69. The third-order valence-electron chi connectivity index (χ3n) is 3.74. The highest BCUT2D eigenvalue weighted by molar-refractivity contribution is 7.14. The summed E-state index contributed by atoms with van der Waals surface area (Å²) in [4.78, 5) is 16.3. The van der Waals surface area contributed by atoms with Gasteiger partial charge in [0.15, 0.2) is 0 Å². The second-order valence-electron chi connectivity index (χ2n) is 4.86. The van der Waals surface area contributed by atoms with Crippen LogP contribution in [0.5, 0.6) is 0 Å². The maximum atomic E-state index is 12.0. The van der Waals surface area contributed by atoms with E-state index in [0.29, 0.717) is 18.5 Å². The molecule has 0 spiro atoms. The Morgan fingerprint density at radius 2 is 2.41 bits per heavy atom. The number of nitrogens with one attached hydrogen (secondary N) is 1. The summed E-state index contributed by atoms with van der Waals surface area (Å²) < 4.78 is 0. The molecule has 0 aliphatic carbocycles. The summed E-state index contributed by atoms with van der Waals surface area (Å²) in [5, 5.41) is 3.15. The van der Waals surface area contributed by atoms with Gasteiger partial charge in [0.2, 0.25) is 0 Å². The highest BCUT2D eigenvalue weighted by Gasteiger charge is 2.38. The van der Waals surface area contributed by atoms with Crippen molar-refractivity contribution in [2.24, 2.45) is 11.7 Å². The zero-order chi connectivity index (χ0) is 11.8. The van der Waals surface area contributed by atoms with Gasteiger partial charge in [0.05, 0.1) is 4.88 Å². The molecule has 0 radical (unpaired) electrons. The number of piperidine rings is 1. The number of rotatable bonds is 3. The minimum absolute atomic E-state index is 0.0634. The van der Waals surface area contributed by atoms with Crippen LogP contribution in [0.1, 0.15) is 21.0 Å². The SMILES string of the molecule is NCc1ccc(C(=O)N[C@H]2CN3CC[C@H]2C3)s1. The largest absolute Gasteiger partial charge is 0.347 e. The van der Waals surface area contributed by atoms with Crippen molar-refractivity contribution >= 4 is 17.2 Å². The minimum atomic E-state index is 0.0634. The lowest BCUT2D eigenvalue weighted by Gasteiger charge is -2.22. The van der Waals surface area contributed by atoms with Gasteiger partial charge in [-0.3, -0.25) is 4.79 Å². The van der Waals surface area contributed by atoms with E-state index in [1.54, 1.807) is 0 Å². The molecule has 5 heteroatoms. The van der Waals surface area contributed by atoms with Gasteiger partial charge in [-0.2, -0.15) is 0 Å². The van der Waals surface area contributed by atoms with Gasteiger partial charge in [0.25, 0.3) is 5.91 Å². The predicted octanol–water partition coefficient (Wildman–Crippen LogP) is 0.641. The second kappa shape index (κ2) is 4.40. The first-order valence-corrected chi connectivity index (χ1v) is 6.90. The fourth-order valence-corrected chi connectivity index (χ4v) is 3.59. The molecular formula is C12H17N3OS. The van der Waals surface area contributed by atoms with Gasteiger partial charge in [-0.1, -0.05) is 0 Å². The van der Waals surface area contributed by atoms with Crippen LogP contribution in [0, 0.1) is 5.92 Å². The van der Waals surface area contributed by atoms with Crippen LogP contribution in [0.15, 0.2) is 12.1 Å². The van der Waals surface area contributed by atoms with Crippen molar-refractivity contribution in [3.05, 3.63) is 21.9 Å². The number of thiophene rings is 1. The summed E-state index contributed by atoms with van der Waals surface area (Å²) in [6.07, 6.45) is 1.23. The Labute approximate surface area is 105 Å². The number of fused-ring (bicyclic) bond motifs is 2. The zero-order valence-corrected chi connectivity index (χ0v) is 10.5. The first-order valence-electron chi connectivity index (χ1n) is 6.08. The predicted molar refractivity (Wildman–Crippen MR) is 68.0 cm³/mol. The van der Waals surface area contributed by atoms with Crippen molar-refractivity contribution in [3.8, 4) is 0 Å². The molecular weight excluding hydrogens is 234 g/mol. The normalized spacial score (nSPS) is 30.8. The molecule has 4 nitrogen and oxygen atoms in total. The van der Waals surface area contributed by atoms with Gasteiger partial charge in [0.1, 0.15) is 0 Å². The maximum Gasteiger partial charge on any atom is 0.261 e. The molecule has 1 unspecified atom stereocenters. The van der Waals surface area contributed by atoms with E-state index >= 15 is 0 Å². The molecule has 2 fully saturated rings. The Hall–Kier alpha value is -0.910. The number of nitrogens with zero attached hydrogens (tertiary/aromatic N) is 1. The Bertz CT molecular complexity index is 431. The molecule has 3 rings (SSSR count). The Kier molecular flexibility index (Phi) is 2.90. The van der Waals surface area contributed by atoms with E-state index in [1.807, 2.05) is 12.1 Å². The Morgan fingerprint density at radius 3 is 3.00 bits per heavy atom. The maximum absolute atomic E-state index is 12.0. The average molecular weight is 251 g/mol. The quantitative estimate of drug-likeness (QED) is 0.829. The van der Waals surface area contributed by atoms with Crippen LogP contribution in [0.4, 0.5) is 0 Å². The first-order chi connectivity index (χ1) is 8.26. The molecule has 1 amide bonds. The van der Waals surface area contributed by atoms with E-state index < -0.39 is 0 Å². The number of carbonyl (C=O) groups is 1. The van der Waals surface area contributed by atoms with Crippen molar-refractivity contribution in [1.29, 1.82) is 0 Å². The molecule has 92 valence electrons. The average Bonchev–Trinajstić information content (AvgIpc) is 3.04. The molecule has 1 aromatic rings. The minimum Gasteiger partial charge on any atom is -0.347 e. The molecule has 2 aliphatic heterocycles. The van der Waals surface area contributed by atoms with E-state index in [4.69, 9.17) is 5.73 Å². The van der Waals surface area contributed by atoms with E-state index in [-0.39, 0.29) is 5.91 Å². The monoisotopic (exact) mass is 251 g/mol. The highest BCUT2D eigenvalue weighted by Crippen LogP contribution is 2.28. The summed E-state index contributed by atoms with van der Waals surface area (Å²) in [5.74, 6) is 0.723. The Morgan fingerprint density at radius 1 is 1.53 bits per heavy atom. The third kappa shape index (κ3) is 2.10. The summed E-state index contributed by atoms with van der Waals surface area (Å²) in [6, 6.07) is 4.15. The lowest BCUT2D eigenvalue weighted by molar-refractivity contribution is 0.0928. The summed E-state index contributed by atoms with van der Waals surface area (Å²) >= 11 is 1.49. The molecule has 3 N–H and O–H groups in total. The number of carbonyl (C=O) groups excluding carboxylic acids is 1. The molecule has 3 atom stereocenters. The van der Waals surface area contributed by atoms with Crippen LogP contribution >= 0.6 is 11.3 Å². The fraction of sp³-hybridized carbons (Fsp3) is 0.583. The molecule has 2 aliphatic rings. The summed E-state index contributed by atoms with van der Waals surface area (Å²) in [6.45, 7) is 3.89. The van der Waals surface area contributed by atoms with Crippen LogP contribution in [0.3, 0.4) is 0 Å². The van der Waals surface area contributed by atoms with Crippen LogP contribution in [-0.4, -0.2) is 36.5 Å². The van der Waals surface area contributed by atoms with Crippen LogP contribution in [0.2, 0.25) is 0 Å². The van der Waals surface area contributed by atoms with Gasteiger partial charge in [0, 0.05) is 30.6 Å². The van der Waals surface area contributed by atoms with Crippen molar-refractivity contribution < 1.29 is 4.79 Å². The molecule has 2 bridgehead atoms. The van der Waals surface area contributed by atoms with Gasteiger partial charge in [-0.05, 0) is 31.0 Å². The molecule has 1 aromatic heterocycles. The van der Waals surface area contributed by atoms with E-state index in [2.05, 4.69) is 10.2 Å². The molecule has 0 aromatic carbocycles. The smallest absolute Gasteiger partial charge is 0.261 e. The summed E-state index contributed by atoms with van der Waals surface area (Å²) in [7, 11) is 0. The van der Waals surface area contributed by atoms with Gasteiger partial charge < -0.3 is 16.0 Å². The van der Waals surface area contributed by atoms with Gasteiger partial charge in [-0.15, -0.1) is 11.3 Å². The van der Waals surface area contributed by atoms with Crippen LogP contribution < -0.4 is 11.1 Å². The van der Waals surface area contributed by atoms with Crippen molar-refractivity contribution in [3.63, 3.8) is 0 Å².